The number of carbonyl (C=O) groups is 2. The molecule has 0 aliphatic rings. The number of aliphatic hydroxyl groups is 1. The number of aromatic nitrogens is 2. The molecule has 1 aromatic heterocycles. The number of para-hydroxylation sites is 1. The maximum atomic E-state index is 13.0. The van der Waals surface area contributed by atoms with Crippen LogP contribution >= 0.6 is 11.6 Å². The topological polar surface area (TPSA) is 107 Å². The molecule has 2 rings (SSSR count). The first-order chi connectivity index (χ1) is 15.2. The largest absolute Gasteiger partial charge is 0.394 e. The van der Waals surface area contributed by atoms with Crippen LogP contribution in [0.1, 0.15) is 47.4 Å². The van der Waals surface area contributed by atoms with E-state index in [2.05, 4.69) is 27.2 Å². The number of aliphatic hydroxyl groups excluding tert-OH is 1. The van der Waals surface area contributed by atoms with Crippen LogP contribution in [0.3, 0.4) is 0 Å². The van der Waals surface area contributed by atoms with Crippen molar-refractivity contribution in [1.82, 2.24) is 15.3 Å². The summed E-state index contributed by atoms with van der Waals surface area (Å²) in [6.45, 7) is 9.59. The molecule has 0 saturated carbocycles. The maximum absolute atomic E-state index is 13.0. The summed E-state index contributed by atoms with van der Waals surface area (Å²) in [5.74, 6) is -0.448. The number of carbonyl (C=O) groups excluding carboxylic acids is 2. The normalized spacial score (nSPS) is 12.1. The highest BCUT2D eigenvalue weighted by molar-refractivity contribution is 6.28. The molecule has 0 aliphatic heterocycles. The van der Waals surface area contributed by atoms with E-state index in [4.69, 9.17) is 11.6 Å². The molecule has 1 amide bonds. The van der Waals surface area contributed by atoms with Crippen molar-refractivity contribution in [3.8, 4) is 0 Å². The van der Waals surface area contributed by atoms with Crippen molar-refractivity contribution in [1.29, 1.82) is 0 Å². The number of H-pyrrole nitrogens is 1. The van der Waals surface area contributed by atoms with Gasteiger partial charge in [-0.15, -0.1) is 11.6 Å². The number of Topliss-reactive ketones (excluding diaryl/α,β-unsaturated/α-hetero) is 1. The zero-order chi connectivity index (χ0) is 23.7. The van der Waals surface area contributed by atoms with Crippen molar-refractivity contribution in [3.05, 3.63) is 77.9 Å². The predicted molar refractivity (Wildman–Crippen MR) is 129 cm³/mol. The number of nitrogens with zero attached hydrogens (tertiary/aromatic N) is 1. The molecule has 0 atom stereocenters. The van der Waals surface area contributed by atoms with Crippen LogP contribution in [-0.2, 0) is 0 Å². The van der Waals surface area contributed by atoms with Crippen LogP contribution in [0.5, 0.6) is 0 Å². The van der Waals surface area contributed by atoms with E-state index < -0.39 is 17.2 Å². The van der Waals surface area contributed by atoms with Crippen LogP contribution in [-0.4, -0.2) is 51.3 Å². The Morgan fingerprint density at radius 3 is 2.69 bits per heavy atom. The van der Waals surface area contributed by atoms with Gasteiger partial charge in [0, 0.05) is 29.2 Å². The number of nitrogens with one attached hydrogen (secondary N) is 3. The van der Waals surface area contributed by atoms with Crippen LogP contribution in [0.2, 0.25) is 0 Å². The Bertz CT molecular complexity index is 1040. The molecule has 0 unspecified atom stereocenters. The highest BCUT2D eigenvalue weighted by atomic mass is 35.5. The number of ketones is 1. The summed E-state index contributed by atoms with van der Waals surface area (Å²) in [4.78, 5) is 32.1. The first kappa shape index (κ1) is 25.1. The number of rotatable bonds is 11. The number of amides is 1. The van der Waals surface area contributed by atoms with E-state index in [9.17, 15) is 14.7 Å². The second-order valence-electron chi connectivity index (χ2n) is 7.77. The molecule has 7 nitrogen and oxygen atoms in total. The Balaban J connectivity index is 2.17. The van der Waals surface area contributed by atoms with Gasteiger partial charge in [0.15, 0.2) is 5.82 Å². The molecule has 0 radical (unpaired) electrons. The van der Waals surface area contributed by atoms with E-state index in [0.29, 0.717) is 18.0 Å². The van der Waals surface area contributed by atoms with Gasteiger partial charge in [0.1, 0.15) is 5.69 Å². The molecule has 0 fully saturated rings. The fourth-order valence-corrected chi connectivity index (χ4v) is 2.87. The first-order valence-electron chi connectivity index (χ1n) is 10.2. The number of allylic oxidation sites excluding steroid dienone is 3. The van der Waals surface area contributed by atoms with Gasteiger partial charge in [0.05, 0.1) is 18.3 Å². The van der Waals surface area contributed by atoms with E-state index in [1.807, 2.05) is 43.4 Å². The third kappa shape index (κ3) is 6.67. The summed E-state index contributed by atoms with van der Waals surface area (Å²) < 4.78 is 0. The molecular formula is C24H29ClN4O3. The van der Waals surface area contributed by atoms with Crippen LogP contribution < -0.4 is 10.6 Å². The Hall–Kier alpha value is -3.16. The van der Waals surface area contributed by atoms with Crippen LogP contribution in [0.15, 0.2) is 60.8 Å². The molecule has 1 aromatic carbocycles. The predicted octanol–water partition coefficient (Wildman–Crippen LogP) is 3.96. The van der Waals surface area contributed by atoms with Crippen LogP contribution in [0.4, 0.5) is 5.69 Å². The minimum absolute atomic E-state index is 0.0101. The number of benzene rings is 1. The zero-order valence-corrected chi connectivity index (χ0v) is 19.3. The summed E-state index contributed by atoms with van der Waals surface area (Å²) in [6, 6.07) is 7.35. The Kier molecular flexibility index (Phi) is 8.99. The van der Waals surface area contributed by atoms with E-state index in [1.54, 1.807) is 19.9 Å². The van der Waals surface area contributed by atoms with Gasteiger partial charge >= 0.3 is 0 Å². The molecule has 170 valence electrons. The molecule has 0 aliphatic carbocycles. The second kappa shape index (κ2) is 11.5. The third-order valence-electron chi connectivity index (χ3n) is 4.68. The van der Waals surface area contributed by atoms with Gasteiger partial charge < -0.3 is 20.7 Å². The van der Waals surface area contributed by atoms with E-state index in [1.165, 1.54) is 6.20 Å². The van der Waals surface area contributed by atoms with Gasteiger partial charge in [-0.05, 0) is 32.4 Å². The molecule has 0 bridgehead atoms. The van der Waals surface area contributed by atoms with Crippen molar-refractivity contribution in [3.63, 3.8) is 0 Å². The minimum Gasteiger partial charge on any atom is -0.394 e. The molecule has 8 heteroatoms. The Morgan fingerprint density at radius 1 is 1.31 bits per heavy atom. The summed E-state index contributed by atoms with van der Waals surface area (Å²) >= 11 is 5.71. The zero-order valence-electron chi connectivity index (χ0n) is 18.5. The SMILES string of the molecule is C=C(C(=O)c1ncc(C(=O)NC(C)(C)CO)[nH]1)c1ccccc1NCC(/C=C\CCl)=C/C. The molecule has 4 N–H and O–H groups in total. The third-order valence-corrected chi connectivity index (χ3v) is 4.86. The fraction of sp³-hybridized carbons (Fsp3) is 0.292. The standard InChI is InChI=1S/C24H29ClN4O3/c1-5-17(9-8-12-25)13-26-19-11-7-6-10-18(19)16(2)21(31)22-27-14-20(28-22)23(32)29-24(3,4)15-30/h5-11,14,26,30H,2,12-13,15H2,1,3-4H3,(H,27,28)(H,29,32)/b9-8-,17-5+. The summed E-state index contributed by atoms with van der Waals surface area (Å²) in [7, 11) is 0. The number of aromatic amines is 1. The first-order valence-corrected chi connectivity index (χ1v) is 10.7. The smallest absolute Gasteiger partial charge is 0.269 e. The van der Waals surface area contributed by atoms with Crippen molar-refractivity contribution < 1.29 is 14.7 Å². The quantitative estimate of drug-likeness (QED) is 0.177. The molecule has 32 heavy (non-hydrogen) atoms. The highest BCUT2D eigenvalue weighted by Gasteiger charge is 2.23. The number of halogens is 1. The molecular weight excluding hydrogens is 428 g/mol. The monoisotopic (exact) mass is 456 g/mol. The van der Waals surface area contributed by atoms with Crippen molar-refractivity contribution >= 4 is 34.6 Å². The van der Waals surface area contributed by atoms with Gasteiger partial charge in [0.2, 0.25) is 5.78 Å². The summed E-state index contributed by atoms with van der Waals surface area (Å²) in [5, 5.41) is 15.3. The van der Waals surface area contributed by atoms with Crippen LogP contribution in [0.25, 0.3) is 5.57 Å². The van der Waals surface area contributed by atoms with E-state index in [0.717, 1.165) is 11.3 Å². The molecule has 2 aromatic rings. The number of imidazole rings is 1. The molecule has 0 saturated heterocycles. The van der Waals surface area contributed by atoms with Gasteiger partial charge in [-0.3, -0.25) is 9.59 Å². The number of alkyl halides is 1. The van der Waals surface area contributed by atoms with E-state index >= 15 is 0 Å². The van der Waals surface area contributed by atoms with Gasteiger partial charge in [-0.1, -0.05) is 43.0 Å². The summed E-state index contributed by atoms with van der Waals surface area (Å²) in [5.41, 5.74) is 1.99. The van der Waals surface area contributed by atoms with Crippen molar-refractivity contribution in [2.75, 3.05) is 24.3 Å². The van der Waals surface area contributed by atoms with Gasteiger partial charge in [-0.25, -0.2) is 4.98 Å². The van der Waals surface area contributed by atoms with Crippen LogP contribution in [0, 0.1) is 0 Å². The second-order valence-corrected chi connectivity index (χ2v) is 8.08. The lowest BCUT2D eigenvalue weighted by molar-refractivity contribution is 0.0864. The maximum Gasteiger partial charge on any atom is 0.269 e. The van der Waals surface area contributed by atoms with Gasteiger partial charge in [-0.2, -0.15) is 0 Å². The average Bonchev–Trinajstić information content (AvgIpc) is 3.29. The lowest BCUT2D eigenvalue weighted by atomic mass is 10.0. The molecule has 0 spiro atoms. The lowest BCUT2D eigenvalue weighted by Crippen LogP contribution is -2.46. The minimum atomic E-state index is -0.800. The van der Waals surface area contributed by atoms with Gasteiger partial charge in [0.25, 0.3) is 5.91 Å². The lowest BCUT2D eigenvalue weighted by Gasteiger charge is -2.22. The number of hydrogen-bond donors (Lipinski definition) is 4. The Morgan fingerprint density at radius 2 is 2.03 bits per heavy atom. The van der Waals surface area contributed by atoms with Crippen molar-refractivity contribution in [2.24, 2.45) is 0 Å². The number of anilines is 1. The Labute approximate surface area is 193 Å². The van der Waals surface area contributed by atoms with E-state index in [-0.39, 0.29) is 23.7 Å². The average molecular weight is 457 g/mol. The highest BCUT2D eigenvalue weighted by Crippen LogP contribution is 2.25. The fourth-order valence-electron chi connectivity index (χ4n) is 2.78. The summed E-state index contributed by atoms with van der Waals surface area (Å²) in [6.07, 6.45) is 7.07. The molecule has 1 heterocycles. The number of hydrogen-bond acceptors (Lipinski definition) is 5. The van der Waals surface area contributed by atoms with Crippen molar-refractivity contribution in [2.45, 2.75) is 26.3 Å².